The van der Waals surface area contributed by atoms with Crippen LogP contribution in [-0.2, 0) is 13.0 Å². The van der Waals surface area contributed by atoms with Gasteiger partial charge in [0.05, 0.1) is 12.0 Å². The Morgan fingerprint density at radius 2 is 2.12 bits per heavy atom. The van der Waals surface area contributed by atoms with E-state index in [4.69, 9.17) is 11.6 Å². The van der Waals surface area contributed by atoms with Crippen molar-refractivity contribution in [2.24, 2.45) is 5.92 Å². The molecule has 25 heavy (non-hydrogen) atoms. The van der Waals surface area contributed by atoms with E-state index in [-0.39, 0.29) is 0 Å². The molecule has 136 valence electrons. The number of rotatable bonds is 7. The zero-order valence-corrected chi connectivity index (χ0v) is 16.1. The summed E-state index contributed by atoms with van der Waals surface area (Å²) in [5, 5.41) is 0.817. The van der Waals surface area contributed by atoms with Crippen molar-refractivity contribution < 1.29 is 0 Å². The molecule has 0 spiro atoms. The molecule has 1 fully saturated rings. The van der Waals surface area contributed by atoms with Crippen molar-refractivity contribution in [3.63, 3.8) is 0 Å². The lowest BCUT2D eigenvalue weighted by Crippen LogP contribution is -2.40. The van der Waals surface area contributed by atoms with E-state index in [1.165, 1.54) is 37.2 Å². The number of aromatic amines is 1. The Balaban J connectivity index is 1.44. The van der Waals surface area contributed by atoms with E-state index >= 15 is 0 Å². The first-order valence-electron chi connectivity index (χ1n) is 9.24. The van der Waals surface area contributed by atoms with Crippen molar-refractivity contribution in [3.8, 4) is 0 Å². The smallest absolute Gasteiger partial charge is 0.0925 e. The van der Waals surface area contributed by atoms with Crippen LogP contribution in [0.25, 0.3) is 0 Å². The van der Waals surface area contributed by atoms with Gasteiger partial charge in [0.1, 0.15) is 0 Å². The summed E-state index contributed by atoms with van der Waals surface area (Å²) in [6.07, 6.45) is 5.53. The molecule has 1 aromatic heterocycles. The molecule has 1 saturated heterocycles. The second-order valence-corrected chi connectivity index (χ2v) is 7.79. The highest BCUT2D eigenvalue weighted by molar-refractivity contribution is 6.30. The van der Waals surface area contributed by atoms with Crippen LogP contribution in [0.4, 0.5) is 0 Å². The number of H-pyrrole nitrogens is 1. The van der Waals surface area contributed by atoms with Crippen molar-refractivity contribution in [1.29, 1.82) is 0 Å². The third-order valence-electron chi connectivity index (χ3n) is 5.16. The lowest BCUT2D eigenvalue weighted by atomic mass is 9.97. The summed E-state index contributed by atoms with van der Waals surface area (Å²) in [6, 6.07) is 8.26. The predicted octanol–water partition coefficient (Wildman–Crippen LogP) is 3.76. The quantitative estimate of drug-likeness (QED) is 0.816. The number of likely N-dealkylation sites (tertiary alicyclic amines) is 1. The van der Waals surface area contributed by atoms with Gasteiger partial charge in [-0.1, -0.05) is 23.7 Å². The molecule has 3 rings (SSSR count). The number of halogens is 1. The molecule has 1 N–H and O–H groups in total. The number of imidazole rings is 1. The van der Waals surface area contributed by atoms with Crippen LogP contribution >= 0.6 is 11.6 Å². The number of nitrogens with one attached hydrogen (secondary N) is 1. The lowest BCUT2D eigenvalue weighted by molar-refractivity contribution is 0.142. The SMILES string of the molecule is Cc1[nH]cnc1CN(C)C[C@@H]1CCCN(CCc2ccc(Cl)cc2)C1. The molecule has 1 aliphatic heterocycles. The Bertz CT molecular complexity index is 652. The normalized spacial score (nSPS) is 18.8. The minimum Gasteiger partial charge on any atom is -0.348 e. The highest BCUT2D eigenvalue weighted by atomic mass is 35.5. The molecule has 0 aliphatic carbocycles. The second-order valence-electron chi connectivity index (χ2n) is 7.36. The van der Waals surface area contributed by atoms with Gasteiger partial charge in [0.25, 0.3) is 0 Å². The highest BCUT2D eigenvalue weighted by Gasteiger charge is 2.21. The summed E-state index contributed by atoms with van der Waals surface area (Å²) in [4.78, 5) is 12.6. The summed E-state index contributed by atoms with van der Waals surface area (Å²) >= 11 is 5.97. The van der Waals surface area contributed by atoms with Crippen molar-refractivity contribution >= 4 is 11.6 Å². The van der Waals surface area contributed by atoms with E-state index in [2.05, 4.69) is 45.9 Å². The maximum absolute atomic E-state index is 5.97. The van der Waals surface area contributed by atoms with Gasteiger partial charge in [0.2, 0.25) is 0 Å². The Morgan fingerprint density at radius 3 is 2.84 bits per heavy atom. The molecular formula is C20H29ClN4. The summed E-state index contributed by atoms with van der Waals surface area (Å²) < 4.78 is 0. The molecule has 0 amide bonds. The molecule has 2 aromatic rings. The molecule has 4 nitrogen and oxygen atoms in total. The average molecular weight is 361 g/mol. The Labute approximate surface area is 156 Å². The van der Waals surface area contributed by atoms with E-state index in [9.17, 15) is 0 Å². The third kappa shape index (κ3) is 5.56. The number of aromatic nitrogens is 2. The van der Waals surface area contributed by atoms with Crippen LogP contribution in [0.1, 0.15) is 29.8 Å². The fourth-order valence-corrected chi connectivity index (χ4v) is 3.88. The van der Waals surface area contributed by atoms with Crippen LogP contribution in [0.5, 0.6) is 0 Å². The van der Waals surface area contributed by atoms with Crippen LogP contribution in [-0.4, -0.2) is 53.0 Å². The molecule has 0 unspecified atom stereocenters. The first-order valence-corrected chi connectivity index (χ1v) is 9.62. The van der Waals surface area contributed by atoms with Crippen LogP contribution in [0.15, 0.2) is 30.6 Å². The zero-order valence-electron chi connectivity index (χ0n) is 15.3. The van der Waals surface area contributed by atoms with Gasteiger partial charge in [0, 0.05) is 36.9 Å². The molecule has 1 aromatic carbocycles. The zero-order chi connectivity index (χ0) is 17.6. The van der Waals surface area contributed by atoms with Crippen molar-refractivity contribution in [2.75, 3.05) is 33.2 Å². The minimum absolute atomic E-state index is 0.753. The Hall–Kier alpha value is -1.36. The summed E-state index contributed by atoms with van der Waals surface area (Å²) in [6.45, 7) is 7.74. The van der Waals surface area contributed by atoms with Crippen LogP contribution in [0, 0.1) is 12.8 Å². The topological polar surface area (TPSA) is 35.2 Å². The van der Waals surface area contributed by atoms with E-state index in [1.807, 2.05) is 12.1 Å². The standard InChI is InChI=1S/C20H29ClN4/c1-16-20(23-15-22-16)14-24(2)12-18-4-3-10-25(13-18)11-9-17-5-7-19(21)8-6-17/h5-8,15,18H,3-4,9-14H2,1-2H3,(H,22,23)/t18-/m0/s1. The molecule has 1 atom stereocenters. The van der Waals surface area contributed by atoms with E-state index in [0.29, 0.717) is 0 Å². The number of hydrogen-bond donors (Lipinski definition) is 1. The van der Waals surface area contributed by atoms with Crippen LogP contribution in [0.2, 0.25) is 5.02 Å². The van der Waals surface area contributed by atoms with Gasteiger partial charge in [-0.15, -0.1) is 0 Å². The highest BCUT2D eigenvalue weighted by Crippen LogP contribution is 2.19. The van der Waals surface area contributed by atoms with Gasteiger partial charge in [0.15, 0.2) is 0 Å². The second kappa shape index (κ2) is 8.84. The Morgan fingerprint density at radius 1 is 1.32 bits per heavy atom. The van der Waals surface area contributed by atoms with Gasteiger partial charge >= 0.3 is 0 Å². The minimum atomic E-state index is 0.753. The van der Waals surface area contributed by atoms with Crippen LogP contribution < -0.4 is 0 Å². The van der Waals surface area contributed by atoms with Gasteiger partial charge in [-0.2, -0.15) is 0 Å². The van der Waals surface area contributed by atoms with Gasteiger partial charge in [-0.3, -0.25) is 0 Å². The van der Waals surface area contributed by atoms with Crippen molar-refractivity contribution in [1.82, 2.24) is 19.8 Å². The number of nitrogens with zero attached hydrogens (tertiary/aromatic N) is 3. The molecule has 0 radical (unpaired) electrons. The first kappa shape index (κ1) is 18.4. The third-order valence-corrected chi connectivity index (χ3v) is 5.41. The number of piperidine rings is 1. The molecule has 0 saturated carbocycles. The van der Waals surface area contributed by atoms with Gasteiger partial charge in [-0.05, 0) is 63.4 Å². The molecule has 0 bridgehead atoms. The molecule has 5 heteroatoms. The number of aryl methyl sites for hydroxylation is 1. The Kier molecular flexibility index (Phi) is 6.51. The predicted molar refractivity (Wildman–Crippen MR) is 104 cm³/mol. The fraction of sp³-hybridized carbons (Fsp3) is 0.550. The van der Waals surface area contributed by atoms with E-state index in [1.54, 1.807) is 6.33 Å². The number of benzene rings is 1. The van der Waals surface area contributed by atoms with E-state index in [0.717, 1.165) is 42.7 Å². The first-order chi connectivity index (χ1) is 12.1. The van der Waals surface area contributed by atoms with Crippen molar-refractivity contribution in [2.45, 2.75) is 32.7 Å². The molecule has 2 heterocycles. The lowest BCUT2D eigenvalue weighted by Gasteiger charge is -2.34. The van der Waals surface area contributed by atoms with Gasteiger partial charge < -0.3 is 14.8 Å². The summed E-state index contributed by atoms with van der Waals surface area (Å²) in [7, 11) is 2.21. The summed E-state index contributed by atoms with van der Waals surface area (Å²) in [5.41, 5.74) is 3.72. The summed E-state index contributed by atoms with van der Waals surface area (Å²) in [5.74, 6) is 0.753. The molecular weight excluding hydrogens is 332 g/mol. The van der Waals surface area contributed by atoms with E-state index < -0.39 is 0 Å². The number of hydrogen-bond acceptors (Lipinski definition) is 3. The maximum Gasteiger partial charge on any atom is 0.0925 e. The average Bonchev–Trinajstić information content (AvgIpc) is 2.99. The van der Waals surface area contributed by atoms with Crippen molar-refractivity contribution in [3.05, 3.63) is 52.6 Å². The fourth-order valence-electron chi connectivity index (χ4n) is 3.75. The van der Waals surface area contributed by atoms with Crippen LogP contribution in [0.3, 0.4) is 0 Å². The largest absolute Gasteiger partial charge is 0.348 e. The molecule has 1 aliphatic rings. The van der Waals surface area contributed by atoms with Gasteiger partial charge in [-0.25, -0.2) is 4.98 Å². The monoisotopic (exact) mass is 360 g/mol. The maximum atomic E-state index is 5.97.